The van der Waals surface area contributed by atoms with Gasteiger partial charge < -0.3 is 14.8 Å². The van der Waals surface area contributed by atoms with Gasteiger partial charge in [-0.05, 0) is 29.7 Å². The quantitative estimate of drug-likeness (QED) is 0.730. The van der Waals surface area contributed by atoms with Crippen LogP contribution in [0.4, 0.5) is 0 Å². The number of aromatic nitrogens is 3. The Morgan fingerprint density at radius 1 is 1.21 bits per heavy atom. The zero-order chi connectivity index (χ0) is 19.1. The van der Waals surface area contributed by atoms with Crippen molar-refractivity contribution < 1.29 is 14.3 Å². The maximum absolute atomic E-state index is 13.2. The van der Waals surface area contributed by atoms with E-state index < -0.39 is 6.04 Å². The lowest BCUT2D eigenvalue weighted by Gasteiger charge is -2.35. The van der Waals surface area contributed by atoms with Crippen LogP contribution in [0, 0.1) is 0 Å². The summed E-state index contributed by atoms with van der Waals surface area (Å²) in [5.41, 5.74) is 2.65. The van der Waals surface area contributed by atoms with E-state index in [-0.39, 0.29) is 29.9 Å². The molecule has 3 aromatic rings. The van der Waals surface area contributed by atoms with Crippen molar-refractivity contribution in [3.8, 4) is 0 Å². The van der Waals surface area contributed by atoms with Gasteiger partial charge in [0.1, 0.15) is 30.2 Å². The number of benzene rings is 1. The fourth-order valence-corrected chi connectivity index (χ4v) is 4.41. The van der Waals surface area contributed by atoms with E-state index in [2.05, 4.69) is 21.5 Å². The lowest BCUT2D eigenvalue weighted by Crippen LogP contribution is -2.38. The summed E-state index contributed by atoms with van der Waals surface area (Å²) in [6.07, 6.45) is 5.70. The minimum atomic E-state index is -0.544. The Morgan fingerprint density at radius 2 is 2.11 bits per heavy atom. The number of aliphatic hydroxyl groups excluding tert-OH is 1. The molecule has 5 rings (SSSR count). The zero-order valence-corrected chi connectivity index (χ0v) is 15.2. The van der Waals surface area contributed by atoms with E-state index in [1.165, 1.54) is 11.9 Å². The normalized spacial score (nSPS) is 25.0. The molecule has 0 saturated heterocycles. The summed E-state index contributed by atoms with van der Waals surface area (Å²) in [4.78, 5) is 17.2. The fraction of sp³-hybridized carbons (Fsp3) is 0.286. The molecule has 1 aromatic carbocycles. The van der Waals surface area contributed by atoms with Crippen LogP contribution in [0.3, 0.4) is 0 Å². The molecule has 1 aliphatic carbocycles. The maximum Gasteiger partial charge on any atom is 0.165 e. The number of furan rings is 1. The number of nitrogens with zero attached hydrogens (tertiary/aromatic N) is 3. The Bertz CT molecular complexity index is 1020. The van der Waals surface area contributed by atoms with Crippen molar-refractivity contribution in [3.63, 3.8) is 0 Å². The predicted octanol–water partition coefficient (Wildman–Crippen LogP) is 2.87. The predicted molar refractivity (Wildman–Crippen MR) is 101 cm³/mol. The van der Waals surface area contributed by atoms with Crippen LogP contribution in [0.1, 0.15) is 41.3 Å². The number of ketones is 1. The van der Waals surface area contributed by atoms with Crippen molar-refractivity contribution in [3.05, 3.63) is 83.5 Å². The first-order chi connectivity index (χ1) is 13.7. The largest absolute Gasteiger partial charge is 0.510 e. The lowest BCUT2D eigenvalue weighted by molar-refractivity contribution is -0.117. The molecule has 0 radical (unpaired) electrons. The highest BCUT2D eigenvalue weighted by Crippen LogP contribution is 2.45. The van der Waals surface area contributed by atoms with Crippen molar-refractivity contribution in [2.24, 2.45) is 0 Å². The smallest absolute Gasteiger partial charge is 0.165 e. The number of Topliss-reactive ketones (excluding diaryl/α,β-unsaturated/α-hetero) is 1. The number of allylic oxidation sites excluding steroid dienone is 1. The highest BCUT2D eigenvalue weighted by Gasteiger charge is 2.43. The Hall–Kier alpha value is -3.19. The van der Waals surface area contributed by atoms with Gasteiger partial charge in [0.2, 0.25) is 0 Å². The van der Waals surface area contributed by atoms with Gasteiger partial charge in [0.05, 0.1) is 23.8 Å². The Kier molecular flexibility index (Phi) is 4.09. The van der Waals surface area contributed by atoms with Gasteiger partial charge in [-0.2, -0.15) is 5.10 Å². The number of rotatable bonds is 3. The Morgan fingerprint density at radius 3 is 2.89 bits per heavy atom. The van der Waals surface area contributed by atoms with Crippen molar-refractivity contribution in [2.45, 2.75) is 30.8 Å². The van der Waals surface area contributed by atoms with Crippen LogP contribution in [0.5, 0.6) is 0 Å². The molecule has 2 N–H and O–H groups in total. The maximum atomic E-state index is 13.2. The van der Waals surface area contributed by atoms with Crippen LogP contribution >= 0.6 is 0 Å². The monoisotopic (exact) mass is 376 g/mol. The van der Waals surface area contributed by atoms with Gasteiger partial charge >= 0.3 is 0 Å². The molecule has 28 heavy (non-hydrogen) atoms. The summed E-state index contributed by atoms with van der Waals surface area (Å²) in [5.74, 6) is 0.255. The molecular weight excluding hydrogens is 356 g/mol. The number of hydrogen-bond donors (Lipinski definition) is 2. The highest BCUT2D eigenvalue weighted by atomic mass is 16.3. The van der Waals surface area contributed by atoms with Crippen LogP contribution in [-0.2, 0) is 11.2 Å². The number of nitrogens with one attached hydrogen (secondary N) is 1. The van der Waals surface area contributed by atoms with Crippen LogP contribution in [0.2, 0.25) is 0 Å². The molecular formula is C21H20N4O3. The van der Waals surface area contributed by atoms with E-state index in [1.54, 1.807) is 23.3 Å². The summed E-state index contributed by atoms with van der Waals surface area (Å²) >= 11 is 0. The minimum absolute atomic E-state index is 0.0253. The molecule has 7 nitrogen and oxygen atoms in total. The van der Waals surface area contributed by atoms with Crippen LogP contribution < -0.4 is 5.32 Å². The number of carbonyl (C=O) groups excluding carboxylic acids is 1. The topological polar surface area (TPSA) is 93.2 Å². The standard InChI is InChI=1S/C21H20N4O3/c26-16-10-15(17-6-3-9-28-17)20(25-12-22-11-24-25)21(27)18(16)19-14-5-2-1-4-13(14)7-8-23-19/h1-6,9,11-12,15,19-20,23,27H,7-8,10H2/t15-,19-,20-/m1/s1. The van der Waals surface area contributed by atoms with Crippen LogP contribution in [0.15, 0.2) is 71.1 Å². The molecule has 7 heteroatoms. The number of carbonyl (C=O) groups is 1. The summed E-state index contributed by atoms with van der Waals surface area (Å²) in [6, 6.07) is 10.8. The highest BCUT2D eigenvalue weighted by molar-refractivity contribution is 5.99. The Labute approximate surface area is 161 Å². The van der Waals surface area contributed by atoms with Crippen molar-refractivity contribution >= 4 is 5.78 Å². The zero-order valence-electron chi connectivity index (χ0n) is 15.2. The third kappa shape index (κ3) is 2.66. The number of fused-ring (bicyclic) bond motifs is 1. The summed E-state index contributed by atoms with van der Waals surface area (Å²) < 4.78 is 7.17. The number of hydrogen-bond acceptors (Lipinski definition) is 6. The average Bonchev–Trinajstić information content (AvgIpc) is 3.42. The molecule has 142 valence electrons. The molecule has 3 heterocycles. The molecule has 0 bridgehead atoms. The van der Waals surface area contributed by atoms with Gasteiger partial charge in [0.25, 0.3) is 0 Å². The fourth-order valence-electron chi connectivity index (χ4n) is 4.41. The second-order valence-electron chi connectivity index (χ2n) is 7.20. The molecule has 1 aliphatic heterocycles. The van der Waals surface area contributed by atoms with Gasteiger partial charge in [-0.25, -0.2) is 9.67 Å². The first kappa shape index (κ1) is 16.9. The van der Waals surface area contributed by atoms with Crippen LogP contribution in [0.25, 0.3) is 0 Å². The molecule has 3 atom stereocenters. The molecule has 2 aliphatic rings. The summed E-state index contributed by atoms with van der Waals surface area (Å²) in [5, 5.41) is 19.0. The second kappa shape index (κ2) is 6.76. The van der Waals surface area contributed by atoms with E-state index in [9.17, 15) is 9.90 Å². The van der Waals surface area contributed by atoms with Crippen molar-refractivity contribution in [1.29, 1.82) is 0 Å². The van der Waals surface area contributed by atoms with Crippen molar-refractivity contribution in [2.75, 3.05) is 6.54 Å². The summed E-state index contributed by atoms with van der Waals surface area (Å²) in [6.45, 7) is 0.751. The summed E-state index contributed by atoms with van der Waals surface area (Å²) in [7, 11) is 0. The molecule has 0 saturated carbocycles. The van der Waals surface area contributed by atoms with Gasteiger partial charge in [0.15, 0.2) is 5.78 Å². The SMILES string of the molecule is O=C1C[C@H](c2ccco2)[C@@H](n2cncn2)C(O)=C1[C@@H]1NCCc2ccccc21. The first-order valence-corrected chi connectivity index (χ1v) is 9.39. The molecule has 0 unspecified atom stereocenters. The molecule has 0 amide bonds. The lowest BCUT2D eigenvalue weighted by atomic mass is 9.76. The Balaban J connectivity index is 1.65. The first-order valence-electron chi connectivity index (χ1n) is 9.39. The van der Waals surface area contributed by atoms with Gasteiger partial charge in [0, 0.05) is 13.0 Å². The minimum Gasteiger partial charge on any atom is -0.510 e. The van der Waals surface area contributed by atoms with E-state index >= 15 is 0 Å². The van der Waals surface area contributed by atoms with Crippen LogP contribution in [-0.4, -0.2) is 32.2 Å². The molecule has 0 fully saturated rings. The van der Waals surface area contributed by atoms with E-state index in [0.29, 0.717) is 11.3 Å². The van der Waals surface area contributed by atoms with Gasteiger partial charge in [-0.15, -0.1) is 0 Å². The van der Waals surface area contributed by atoms with E-state index in [4.69, 9.17) is 4.42 Å². The molecule has 0 spiro atoms. The molecule has 2 aromatic heterocycles. The van der Waals surface area contributed by atoms with Gasteiger partial charge in [-0.3, -0.25) is 4.79 Å². The number of aliphatic hydroxyl groups is 1. The average molecular weight is 376 g/mol. The third-order valence-electron chi connectivity index (χ3n) is 5.67. The van der Waals surface area contributed by atoms with Gasteiger partial charge in [-0.1, -0.05) is 24.3 Å². The van der Waals surface area contributed by atoms with Crippen molar-refractivity contribution in [1.82, 2.24) is 20.1 Å². The third-order valence-corrected chi connectivity index (χ3v) is 5.67. The van der Waals surface area contributed by atoms with E-state index in [0.717, 1.165) is 18.5 Å². The second-order valence-corrected chi connectivity index (χ2v) is 7.20. The van der Waals surface area contributed by atoms with E-state index in [1.807, 2.05) is 24.3 Å².